The Bertz CT molecular complexity index is 1000. The van der Waals surface area contributed by atoms with Crippen LogP contribution in [0.1, 0.15) is 27.6 Å². The molecule has 0 aliphatic heterocycles. The van der Waals surface area contributed by atoms with Gasteiger partial charge in [0.25, 0.3) is 0 Å². The SMILES string of the molecule is CCOC(=O)c1cnc2ccc(C(=O)OC)cc2c1Nc1ccc(Cl)cc1. The highest BCUT2D eigenvalue weighted by molar-refractivity contribution is 6.30. The van der Waals surface area contributed by atoms with Crippen molar-refractivity contribution in [2.75, 3.05) is 19.0 Å². The average molecular weight is 385 g/mol. The number of halogens is 1. The minimum absolute atomic E-state index is 0.236. The molecule has 0 amide bonds. The first-order valence-corrected chi connectivity index (χ1v) is 8.62. The Morgan fingerprint density at radius 2 is 1.85 bits per heavy atom. The summed E-state index contributed by atoms with van der Waals surface area (Å²) >= 11 is 5.94. The van der Waals surface area contributed by atoms with Crippen LogP contribution in [0.25, 0.3) is 10.9 Å². The summed E-state index contributed by atoms with van der Waals surface area (Å²) in [5.74, 6) is -0.984. The first-order valence-electron chi connectivity index (χ1n) is 8.24. The van der Waals surface area contributed by atoms with E-state index in [1.807, 2.05) is 0 Å². The van der Waals surface area contributed by atoms with Gasteiger partial charge in [-0.3, -0.25) is 4.98 Å². The summed E-state index contributed by atoms with van der Waals surface area (Å²) in [5, 5.41) is 4.41. The molecule has 6 nitrogen and oxygen atoms in total. The second kappa shape index (κ2) is 8.05. The zero-order valence-electron chi connectivity index (χ0n) is 14.8. The summed E-state index contributed by atoms with van der Waals surface area (Å²) in [6, 6.07) is 12.0. The smallest absolute Gasteiger partial charge is 0.341 e. The van der Waals surface area contributed by atoms with Crippen molar-refractivity contribution >= 4 is 45.8 Å². The van der Waals surface area contributed by atoms with Crippen LogP contribution in [0.2, 0.25) is 5.02 Å². The monoisotopic (exact) mass is 384 g/mol. The summed E-state index contributed by atoms with van der Waals surface area (Å²) in [6.07, 6.45) is 1.45. The van der Waals surface area contributed by atoms with Gasteiger partial charge in [-0.05, 0) is 49.4 Å². The van der Waals surface area contributed by atoms with E-state index >= 15 is 0 Å². The average Bonchev–Trinajstić information content (AvgIpc) is 2.69. The zero-order valence-corrected chi connectivity index (χ0v) is 15.5. The molecule has 0 saturated carbocycles. The molecule has 0 fully saturated rings. The standard InChI is InChI=1S/C20H17ClN2O4/c1-3-27-20(25)16-11-22-17-9-4-12(19(24)26-2)10-15(17)18(16)23-14-7-5-13(21)6-8-14/h4-11H,3H2,1-2H3,(H,22,23). The van der Waals surface area contributed by atoms with E-state index in [9.17, 15) is 9.59 Å². The van der Waals surface area contributed by atoms with Gasteiger partial charge < -0.3 is 14.8 Å². The highest BCUT2D eigenvalue weighted by Crippen LogP contribution is 2.31. The van der Waals surface area contributed by atoms with E-state index in [0.29, 0.717) is 27.2 Å². The van der Waals surface area contributed by atoms with E-state index in [1.165, 1.54) is 13.3 Å². The highest BCUT2D eigenvalue weighted by atomic mass is 35.5. The summed E-state index contributed by atoms with van der Waals surface area (Å²) in [4.78, 5) is 28.6. The lowest BCUT2D eigenvalue weighted by atomic mass is 10.1. The molecule has 1 N–H and O–H groups in total. The zero-order chi connectivity index (χ0) is 19.4. The van der Waals surface area contributed by atoms with Crippen LogP contribution >= 0.6 is 11.6 Å². The Morgan fingerprint density at radius 1 is 1.11 bits per heavy atom. The largest absolute Gasteiger partial charge is 0.465 e. The second-order valence-corrected chi connectivity index (χ2v) is 6.06. The Balaban J connectivity index is 2.19. The molecule has 138 valence electrons. The van der Waals surface area contributed by atoms with E-state index < -0.39 is 11.9 Å². The number of carbonyl (C=O) groups is 2. The molecule has 0 unspecified atom stereocenters. The van der Waals surface area contributed by atoms with Crippen LogP contribution in [-0.2, 0) is 9.47 Å². The van der Waals surface area contributed by atoms with Gasteiger partial charge >= 0.3 is 11.9 Å². The van der Waals surface area contributed by atoms with Gasteiger partial charge in [0, 0.05) is 22.3 Å². The number of methoxy groups -OCH3 is 1. The molecule has 0 aliphatic carbocycles. The van der Waals surface area contributed by atoms with Crippen molar-refractivity contribution in [3.05, 3.63) is 64.8 Å². The number of fused-ring (bicyclic) bond motifs is 1. The van der Waals surface area contributed by atoms with Crippen molar-refractivity contribution in [1.82, 2.24) is 4.98 Å². The molecule has 7 heteroatoms. The predicted molar refractivity (Wildman–Crippen MR) is 104 cm³/mol. The Kier molecular flexibility index (Phi) is 5.57. The van der Waals surface area contributed by atoms with Crippen LogP contribution < -0.4 is 5.32 Å². The molecule has 1 aromatic heterocycles. The predicted octanol–water partition coefficient (Wildman–Crippen LogP) is 4.60. The van der Waals surface area contributed by atoms with Crippen LogP contribution in [0.3, 0.4) is 0 Å². The summed E-state index contributed by atoms with van der Waals surface area (Å²) in [6.45, 7) is 1.97. The Morgan fingerprint density at radius 3 is 2.52 bits per heavy atom. The first kappa shape index (κ1) is 18.7. The third-order valence-corrected chi connectivity index (χ3v) is 4.15. The van der Waals surface area contributed by atoms with Crippen molar-refractivity contribution in [3.8, 4) is 0 Å². The van der Waals surface area contributed by atoms with E-state index in [4.69, 9.17) is 21.1 Å². The molecule has 3 rings (SSSR count). The number of esters is 2. The minimum Gasteiger partial charge on any atom is -0.465 e. The van der Waals surface area contributed by atoms with Crippen LogP contribution in [0.5, 0.6) is 0 Å². The van der Waals surface area contributed by atoms with Crippen LogP contribution in [0.15, 0.2) is 48.7 Å². The number of hydrogen-bond acceptors (Lipinski definition) is 6. The maximum atomic E-state index is 12.4. The number of rotatable bonds is 5. The van der Waals surface area contributed by atoms with Crippen LogP contribution in [0, 0.1) is 0 Å². The quantitative estimate of drug-likeness (QED) is 0.648. The van der Waals surface area contributed by atoms with Crippen molar-refractivity contribution in [2.45, 2.75) is 6.92 Å². The van der Waals surface area contributed by atoms with E-state index in [2.05, 4.69) is 10.3 Å². The molecule has 0 bridgehead atoms. The number of carbonyl (C=O) groups excluding carboxylic acids is 2. The van der Waals surface area contributed by atoms with Crippen molar-refractivity contribution in [2.24, 2.45) is 0 Å². The third kappa shape index (κ3) is 4.01. The van der Waals surface area contributed by atoms with E-state index in [1.54, 1.807) is 49.4 Å². The van der Waals surface area contributed by atoms with Gasteiger partial charge in [-0.25, -0.2) is 9.59 Å². The third-order valence-electron chi connectivity index (χ3n) is 3.90. The van der Waals surface area contributed by atoms with Gasteiger partial charge in [-0.15, -0.1) is 0 Å². The van der Waals surface area contributed by atoms with Gasteiger partial charge in [0.1, 0.15) is 5.56 Å². The molecule has 0 atom stereocenters. The number of pyridine rings is 1. The van der Waals surface area contributed by atoms with Gasteiger partial charge in [0.2, 0.25) is 0 Å². The summed E-state index contributed by atoms with van der Waals surface area (Å²) in [5.41, 5.74) is 2.45. The van der Waals surface area contributed by atoms with Gasteiger partial charge in [0.15, 0.2) is 0 Å². The number of nitrogens with one attached hydrogen (secondary N) is 1. The fourth-order valence-corrected chi connectivity index (χ4v) is 2.74. The van der Waals surface area contributed by atoms with Crippen molar-refractivity contribution in [1.29, 1.82) is 0 Å². The molecular formula is C20H17ClN2O4. The fraction of sp³-hybridized carbons (Fsp3) is 0.150. The Labute approximate surface area is 161 Å². The fourth-order valence-electron chi connectivity index (χ4n) is 2.61. The van der Waals surface area contributed by atoms with Crippen LogP contribution in [-0.4, -0.2) is 30.6 Å². The van der Waals surface area contributed by atoms with Gasteiger partial charge in [-0.2, -0.15) is 0 Å². The molecular weight excluding hydrogens is 368 g/mol. The maximum absolute atomic E-state index is 12.4. The molecule has 1 heterocycles. The minimum atomic E-state index is -0.508. The number of nitrogens with zero attached hydrogens (tertiary/aromatic N) is 1. The van der Waals surface area contributed by atoms with Crippen molar-refractivity contribution in [3.63, 3.8) is 0 Å². The topological polar surface area (TPSA) is 77.5 Å². The highest BCUT2D eigenvalue weighted by Gasteiger charge is 2.18. The number of hydrogen-bond donors (Lipinski definition) is 1. The lowest BCUT2D eigenvalue weighted by molar-refractivity contribution is 0.0526. The molecule has 0 saturated heterocycles. The van der Waals surface area contributed by atoms with E-state index in [-0.39, 0.29) is 12.2 Å². The Hall–Kier alpha value is -3.12. The molecule has 3 aromatic rings. The first-order chi connectivity index (χ1) is 13.0. The van der Waals surface area contributed by atoms with Crippen LogP contribution in [0.4, 0.5) is 11.4 Å². The van der Waals surface area contributed by atoms with Gasteiger partial charge in [-0.1, -0.05) is 11.6 Å². The molecule has 27 heavy (non-hydrogen) atoms. The number of ether oxygens (including phenoxy) is 2. The summed E-state index contributed by atoms with van der Waals surface area (Å²) in [7, 11) is 1.31. The molecule has 2 aromatic carbocycles. The summed E-state index contributed by atoms with van der Waals surface area (Å²) < 4.78 is 9.93. The molecule has 0 radical (unpaired) electrons. The lowest BCUT2D eigenvalue weighted by Gasteiger charge is -2.15. The molecule has 0 spiro atoms. The molecule has 0 aliphatic rings. The number of aromatic nitrogens is 1. The maximum Gasteiger partial charge on any atom is 0.341 e. The van der Waals surface area contributed by atoms with Crippen molar-refractivity contribution < 1.29 is 19.1 Å². The number of anilines is 2. The van der Waals surface area contributed by atoms with E-state index in [0.717, 1.165) is 5.69 Å². The normalized spacial score (nSPS) is 10.5. The van der Waals surface area contributed by atoms with Gasteiger partial charge in [0.05, 0.1) is 30.5 Å². The second-order valence-electron chi connectivity index (χ2n) is 5.62. The lowest BCUT2D eigenvalue weighted by Crippen LogP contribution is -2.10. The number of benzene rings is 2.